The Kier molecular flexibility index (Phi) is 6.08. The summed E-state index contributed by atoms with van der Waals surface area (Å²) in [6.45, 7) is 1.98. The zero-order valence-electron chi connectivity index (χ0n) is 16.1. The molecule has 29 heavy (non-hydrogen) atoms. The molecular weight excluding hydrogens is 378 g/mol. The minimum atomic E-state index is -4.64. The minimum absolute atomic E-state index is 0.154. The molecule has 0 aliphatic rings. The monoisotopic (exact) mass is 401 g/mol. The molecule has 0 aliphatic heterocycles. The zero-order chi connectivity index (χ0) is 21.1. The lowest BCUT2D eigenvalue weighted by Crippen LogP contribution is -2.40. The number of alkyl halides is 3. The SMILES string of the molecule is Cc1ccc(CCC(N)(Cc2ccccc2)c2cc(F)cc(C(F)(F)F)c2)cc1. The molecule has 0 aliphatic carbocycles. The molecule has 1 atom stereocenters. The quantitative estimate of drug-likeness (QED) is 0.490. The highest BCUT2D eigenvalue weighted by molar-refractivity contribution is 5.34. The fraction of sp³-hybridized carbons (Fsp3) is 0.250. The van der Waals surface area contributed by atoms with Gasteiger partial charge >= 0.3 is 6.18 Å². The fourth-order valence-electron chi connectivity index (χ4n) is 3.46. The molecule has 0 saturated heterocycles. The van der Waals surface area contributed by atoms with E-state index in [2.05, 4.69) is 0 Å². The normalized spacial score (nSPS) is 13.9. The van der Waals surface area contributed by atoms with Crippen molar-refractivity contribution in [1.82, 2.24) is 0 Å². The molecule has 1 nitrogen and oxygen atoms in total. The summed E-state index contributed by atoms with van der Waals surface area (Å²) in [6, 6.07) is 19.8. The van der Waals surface area contributed by atoms with Crippen LogP contribution in [-0.4, -0.2) is 0 Å². The van der Waals surface area contributed by atoms with Gasteiger partial charge in [0.1, 0.15) is 5.82 Å². The number of hydrogen-bond acceptors (Lipinski definition) is 1. The molecule has 0 aromatic heterocycles. The Morgan fingerprint density at radius 1 is 0.793 bits per heavy atom. The van der Waals surface area contributed by atoms with Crippen molar-refractivity contribution in [2.24, 2.45) is 5.73 Å². The summed E-state index contributed by atoms with van der Waals surface area (Å²) in [5.41, 5.74) is 7.70. The van der Waals surface area contributed by atoms with Gasteiger partial charge in [-0.2, -0.15) is 13.2 Å². The van der Waals surface area contributed by atoms with Crippen LogP contribution in [0.4, 0.5) is 17.6 Å². The van der Waals surface area contributed by atoms with Gasteiger partial charge in [-0.05, 0) is 61.1 Å². The molecule has 0 bridgehead atoms. The average Bonchev–Trinajstić information content (AvgIpc) is 2.67. The van der Waals surface area contributed by atoms with Crippen LogP contribution < -0.4 is 5.73 Å². The number of hydrogen-bond donors (Lipinski definition) is 1. The summed E-state index contributed by atoms with van der Waals surface area (Å²) in [5.74, 6) is -0.937. The lowest BCUT2D eigenvalue weighted by molar-refractivity contribution is -0.137. The third-order valence-electron chi connectivity index (χ3n) is 5.14. The molecular formula is C24H23F4N. The van der Waals surface area contributed by atoms with Crippen LogP contribution in [0.2, 0.25) is 0 Å². The molecule has 3 aromatic carbocycles. The summed E-state index contributed by atoms with van der Waals surface area (Å²) >= 11 is 0. The van der Waals surface area contributed by atoms with Gasteiger partial charge < -0.3 is 5.73 Å². The standard InChI is InChI=1S/C24H23F4N/c1-17-7-9-18(10-8-17)11-12-23(29,16-19-5-3-2-4-6-19)20-13-21(24(26,27)28)15-22(25)14-20/h2-10,13-15H,11-12,16,29H2,1H3. The van der Waals surface area contributed by atoms with Gasteiger partial charge in [0.25, 0.3) is 0 Å². The van der Waals surface area contributed by atoms with Crippen molar-refractivity contribution in [1.29, 1.82) is 0 Å². The maximum atomic E-state index is 14.1. The second-order valence-corrected chi connectivity index (χ2v) is 7.53. The van der Waals surface area contributed by atoms with Crippen LogP contribution >= 0.6 is 0 Å². The average molecular weight is 401 g/mol. The summed E-state index contributed by atoms with van der Waals surface area (Å²) in [4.78, 5) is 0. The smallest absolute Gasteiger partial charge is 0.321 e. The molecule has 3 aromatic rings. The van der Waals surface area contributed by atoms with E-state index >= 15 is 0 Å². The molecule has 3 rings (SSSR count). The summed E-state index contributed by atoms with van der Waals surface area (Å²) in [5, 5.41) is 0. The van der Waals surface area contributed by atoms with Crippen LogP contribution in [0.25, 0.3) is 0 Å². The van der Waals surface area contributed by atoms with E-state index in [4.69, 9.17) is 5.73 Å². The molecule has 1 unspecified atom stereocenters. The first kappa shape index (κ1) is 21.1. The maximum absolute atomic E-state index is 14.1. The summed E-state index contributed by atoms with van der Waals surface area (Å²) in [7, 11) is 0. The van der Waals surface area contributed by atoms with Crippen LogP contribution in [0.15, 0.2) is 72.8 Å². The molecule has 0 saturated carbocycles. The Morgan fingerprint density at radius 3 is 2.03 bits per heavy atom. The molecule has 152 valence electrons. The van der Waals surface area contributed by atoms with E-state index < -0.39 is 23.1 Å². The Bertz CT molecular complexity index is 949. The van der Waals surface area contributed by atoms with Gasteiger partial charge in [0, 0.05) is 5.54 Å². The predicted octanol–water partition coefficient (Wildman–Crippen LogP) is 6.18. The van der Waals surface area contributed by atoms with Crippen molar-refractivity contribution in [3.63, 3.8) is 0 Å². The van der Waals surface area contributed by atoms with E-state index in [1.54, 1.807) is 0 Å². The highest BCUT2D eigenvalue weighted by Gasteiger charge is 2.35. The molecule has 0 fully saturated rings. The van der Waals surface area contributed by atoms with E-state index in [1.807, 2.05) is 61.5 Å². The van der Waals surface area contributed by atoms with Gasteiger partial charge in [0.15, 0.2) is 0 Å². The van der Waals surface area contributed by atoms with E-state index in [-0.39, 0.29) is 5.56 Å². The second kappa shape index (κ2) is 8.37. The number of benzene rings is 3. The third-order valence-corrected chi connectivity index (χ3v) is 5.14. The van der Waals surface area contributed by atoms with Gasteiger partial charge in [-0.3, -0.25) is 0 Å². The Balaban J connectivity index is 1.98. The van der Waals surface area contributed by atoms with Crippen LogP contribution in [0, 0.1) is 12.7 Å². The largest absolute Gasteiger partial charge is 0.416 e. The van der Waals surface area contributed by atoms with Crippen LogP contribution in [0.1, 0.15) is 34.2 Å². The topological polar surface area (TPSA) is 26.0 Å². The maximum Gasteiger partial charge on any atom is 0.416 e. The molecule has 0 spiro atoms. The van der Waals surface area contributed by atoms with Crippen LogP contribution in [-0.2, 0) is 24.6 Å². The van der Waals surface area contributed by atoms with E-state index in [9.17, 15) is 17.6 Å². The first-order chi connectivity index (χ1) is 13.7. The number of nitrogens with two attached hydrogens (primary N) is 1. The van der Waals surface area contributed by atoms with Crippen molar-refractivity contribution in [3.8, 4) is 0 Å². The van der Waals surface area contributed by atoms with Crippen LogP contribution in [0.5, 0.6) is 0 Å². The highest BCUT2D eigenvalue weighted by Crippen LogP contribution is 2.35. The van der Waals surface area contributed by atoms with Gasteiger partial charge in [-0.15, -0.1) is 0 Å². The number of halogens is 4. The third kappa shape index (κ3) is 5.45. The van der Waals surface area contributed by atoms with Gasteiger partial charge in [-0.1, -0.05) is 60.2 Å². The summed E-state index contributed by atoms with van der Waals surface area (Å²) in [6.07, 6.45) is -3.38. The van der Waals surface area contributed by atoms with Crippen molar-refractivity contribution < 1.29 is 17.6 Å². The van der Waals surface area contributed by atoms with Gasteiger partial charge in [0.05, 0.1) is 5.56 Å². The number of aryl methyl sites for hydroxylation is 2. The van der Waals surface area contributed by atoms with Crippen molar-refractivity contribution in [2.75, 3.05) is 0 Å². The van der Waals surface area contributed by atoms with Crippen molar-refractivity contribution in [2.45, 2.75) is 37.9 Å². The predicted molar refractivity (Wildman–Crippen MR) is 107 cm³/mol. The molecule has 2 N–H and O–H groups in total. The number of rotatable bonds is 6. The molecule has 0 heterocycles. The Labute approximate surface area is 168 Å². The first-order valence-corrected chi connectivity index (χ1v) is 9.42. The summed E-state index contributed by atoms with van der Waals surface area (Å²) < 4.78 is 53.8. The van der Waals surface area contributed by atoms with Crippen molar-refractivity contribution in [3.05, 3.63) is 106 Å². The fourth-order valence-corrected chi connectivity index (χ4v) is 3.46. The lowest BCUT2D eigenvalue weighted by atomic mass is 9.79. The Hall–Kier alpha value is -2.66. The molecule has 5 heteroatoms. The van der Waals surface area contributed by atoms with Gasteiger partial charge in [0.2, 0.25) is 0 Å². The highest BCUT2D eigenvalue weighted by atomic mass is 19.4. The van der Waals surface area contributed by atoms with E-state index in [0.29, 0.717) is 25.3 Å². The molecule has 0 radical (unpaired) electrons. The minimum Gasteiger partial charge on any atom is -0.321 e. The Morgan fingerprint density at radius 2 is 1.41 bits per heavy atom. The van der Waals surface area contributed by atoms with Gasteiger partial charge in [-0.25, -0.2) is 4.39 Å². The van der Waals surface area contributed by atoms with E-state index in [0.717, 1.165) is 28.8 Å². The second-order valence-electron chi connectivity index (χ2n) is 7.53. The lowest BCUT2D eigenvalue weighted by Gasteiger charge is -2.31. The molecule has 0 amide bonds. The first-order valence-electron chi connectivity index (χ1n) is 9.42. The van der Waals surface area contributed by atoms with Crippen LogP contribution in [0.3, 0.4) is 0 Å². The van der Waals surface area contributed by atoms with E-state index in [1.165, 1.54) is 0 Å². The zero-order valence-corrected chi connectivity index (χ0v) is 16.1. The van der Waals surface area contributed by atoms with Crippen molar-refractivity contribution >= 4 is 0 Å².